The largest absolute Gasteiger partial charge is 0.387 e. The molecule has 1 fully saturated rings. The van der Waals surface area contributed by atoms with Gasteiger partial charge in [-0.05, 0) is 19.4 Å². The van der Waals surface area contributed by atoms with E-state index < -0.39 is 24.0 Å². The van der Waals surface area contributed by atoms with Gasteiger partial charge in [-0.25, -0.2) is 9.97 Å². The van der Waals surface area contributed by atoms with Gasteiger partial charge < -0.3 is 25.3 Å². The summed E-state index contributed by atoms with van der Waals surface area (Å²) in [5, 5.41) is 21.4. The van der Waals surface area contributed by atoms with E-state index in [-0.39, 0.29) is 0 Å². The van der Waals surface area contributed by atoms with Crippen molar-refractivity contribution < 1.29 is 14.9 Å². The van der Waals surface area contributed by atoms with E-state index in [1.807, 2.05) is 6.92 Å². The predicted octanol–water partition coefficient (Wildman–Crippen LogP) is 0.433. The molecule has 7 nitrogen and oxygen atoms in total. The molecule has 20 heavy (non-hydrogen) atoms. The lowest BCUT2D eigenvalue weighted by atomic mass is 9.95. The first-order chi connectivity index (χ1) is 9.46. The third kappa shape index (κ3) is 1.71. The van der Waals surface area contributed by atoms with E-state index in [4.69, 9.17) is 10.5 Å². The van der Waals surface area contributed by atoms with E-state index in [1.54, 1.807) is 23.8 Å². The minimum absolute atomic E-state index is 0.374. The van der Waals surface area contributed by atoms with Crippen LogP contribution in [0.4, 0.5) is 5.82 Å². The van der Waals surface area contributed by atoms with Crippen LogP contribution in [0.5, 0.6) is 0 Å². The first-order valence-electron chi connectivity index (χ1n) is 6.59. The smallest absolute Gasteiger partial charge is 0.166 e. The Morgan fingerprint density at radius 2 is 2.25 bits per heavy atom. The second kappa shape index (κ2) is 4.41. The normalized spacial score (nSPS) is 33.9. The van der Waals surface area contributed by atoms with Crippen molar-refractivity contribution in [3.05, 3.63) is 18.6 Å². The fourth-order valence-electron chi connectivity index (χ4n) is 2.75. The highest BCUT2D eigenvalue weighted by Crippen LogP contribution is 2.40. The molecular formula is C13H18N4O3. The Morgan fingerprint density at radius 3 is 2.90 bits per heavy atom. The van der Waals surface area contributed by atoms with Crippen molar-refractivity contribution in [1.82, 2.24) is 14.5 Å². The van der Waals surface area contributed by atoms with Crippen LogP contribution in [0.1, 0.15) is 26.5 Å². The number of fused-ring (bicyclic) bond motifs is 1. The lowest BCUT2D eigenvalue weighted by Gasteiger charge is -2.27. The van der Waals surface area contributed by atoms with Crippen molar-refractivity contribution in [2.45, 2.75) is 44.3 Å². The predicted molar refractivity (Wildman–Crippen MR) is 72.8 cm³/mol. The average Bonchev–Trinajstić information content (AvgIpc) is 2.92. The zero-order valence-corrected chi connectivity index (χ0v) is 11.4. The molecule has 0 spiro atoms. The topological polar surface area (TPSA) is 106 Å². The second-order valence-corrected chi connectivity index (χ2v) is 5.33. The van der Waals surface area contributed by atoms with Gasteiger partial charge in [0.1, 0.15) is 29.5 Å². The Hall–Kier alpha value is -1.70. The molecule has 7 heteroatoms. The summed E-state index contributed by atoms with van der Waals surface area (Å²) in [6, 6.07) is 1.77. The van der Waals surface area contributed by atoms with Gasteiger partial charge in [-0.15, -0.1) is 0 Å². The summed E-state index contributed by atoms with van der Waals surface area (Å²) < 4.78 is 7.48. The number of ether oxygens (including phenoxy) is 1. The van der Waals surface area contributed by atoms with Crippen molar-refractivity contribution in [3.63, 3.8) is 0 Å². The Morgan fingerprint density at radius 1 is 1.50 bits per heavy atom. The number of hydrogen-bond donors (Lipinski definition) is 3. The van der Waals surface area contributed by atoms with Crippen molar-refractivity contribution in [3.8, 4) is 0 Å². The molecule has 1 aliphatic heterocycles. The average molecular weight is 278 g/mol. The maximum absolute atomic E-state index is 10.6. The van der Waals surface area contributed by atoms with E-state index in [1.165, 1.54) is 6.33 Å². The van der Waals surface area contributed by atoms with Gasteiger partial charge in [0.05, 0.1) is 11.5 Å². The second-order valence-electron chi connectivity index (χ2n) is 5.33. The Kier molecular flexibility index (Phi) is 2.93. The molecule has 0 saturated carbocycles. The quantitative estimate of drug-likeness (QED) is 0.735. The molecule has 0 bridgehead atoms. The highest BCUT2D eigenvalue weighted by molar-refractivity contribution is 5.86. The van der Waals surface area contributed by atoms with Crippen LogP contribution in [-0.4, -0.2) is 42.6 Å². The van der Waals surface area contributed by atoms with Crippen molar-refractivity contribution >= 4 is 16.9 Å². The number of aromatic nitrogens is 3. The lowest BCUT2D eigenvalue weighted by molar-refractivity contribution is -0.0937. The van der Waals surface area contributed by atoms with Gasteiger partial charge in [0.15, 0.2) is 6.23 Å². The Labute approximate surface area is 116 Å². The maximum Gasteiger partial charge on any atom is 0.166 e. The number of anilines is 1. The SMILES string of the molecule is CC[C@H]1O[C@@H](n2ccc3c(N)ncnc32)C(C)(O)C1O. The first kappa shape index (κ1) is 13.3. The van der Waals surface area contributed by atoms with Gasteiger partial charge in [0.25, 0.3) is 0 Å². The highest BCUT2D eigenvalue weighted by atomic mass is 16.6. The highest BCUT2D eigenvalue weighted by Gasteiger charge is 2.52. The van der Waals surface area contributed by atoms with Crippen LogP contribution in [0.15, 0.2) is 18.6 Å². The van der Waals surface area contributed by atoms with Gasteiger partial charge in [0.2, 0.25) is 0 Å². The van der Waals surface area contributed by atoms with Crippen LogP contribution in [-0.2, 0) is 4.74 Å². The van der Waals surface area contributed by atoms with Crippen molar-refractivity contribution in [2.24, 2.45) is 0 Å². The van der Waals surface area contributed by atoms with Crippen LogP contribution in [0, 0.1) is 0 Å². The molecule has 0 aliphatic carbocycles. The molecule has 4 N–H and O–H groups in total. The van der Waals surface area contributed by atoms with Gasteiger partial charge in [-0.2, -0.15) is 0 Å². The van der Waals surface area contributed by atoms with E-state index in [2.05, 4.69) is 9.97 Å². The number of nitrogens with zero attached hydrogens (tertiary/aromatic N) is 3. The monoisotopic (exact) mass is 278 g/mol. The molecule has 0 amide bonds. The molecule has 2 aromatic heterocycles. The van der Waals surface area contributed by atoms with Crippen LogP contribution >= 0.6 is 0 Å². The third-order valence-corrected chi connectivity index (χ3v) is 3.95. The van der Waals surface area contributed by atoms with E-state index in [9.17, 15) is 10.2 Å². The molecule has 0 aromatic carbocycles. The Bertz CT molecular complexity index is 640. The fourth-order valence-corrected chi connectivity index (χ4v) is 2.75. The summed E-state index contributed by atoms with van der Waals surface area (Å²) in [5.41, 5.74) is 4.98. The number of hydrogen-bond acceptors (Lipinski definition) is 6. The minimum Gasteiger partial charge on any atom is -0.387 e. The van der Waals surface area contributed by atoms with E-state index in [0.29, 0.717) is 23.3 Å². The summed E-state index contributed by atoms with van der Waals surface area (Å²) in [6.07, 6.45) is 1.64. The number of aliphatic hydroxyl groups excluding tert-OH is 1. The molecule has 3 rings (SSSR count). The van der Waals surface area contributed by atoms with Crippen LogP contribution in [0.3, 0.4) is 0 Å². The maximum atomic E-state index is 10.6. The molecule has 0 radical (unpaired) electrons. The third-order valence-electron chi connectivity index (χ3n) is 3.95. The zero-order chi connectivity index (χ0) is 14.5. The molecule has 3 heterocycles. The molecule has 2 unspecified atom stereocenters. The number of aliphatic hydroxyl groups is 2. The zero-order valence-electron chi connectivity index (χ0n) is 11.4. The van der Waals surface area contributed by atoms with Crippen LogP contribution in [0.2, 0.25) is 0 Å². The number of rotatable bonds is 2. The van der Waals surface area contributed by atoms with E-state index in [0.717, 1.165) is 0 Å². The Balaban J connectivity index is 2.10. The van der Waals surface area contributed by atoms with E-state index >= 15 is 0 Å². The summed E-state index contributed by atoms with van der Waals surface area (Å²) in [5.74, 6) is 0.374. The molecule has 1 aliphatic rings. The minimum atomic E-state index is -1.40. The summed E-state index contributed by atoms with van der Waals surface area (Å²) in [7, 11) is 0. The van der Waals surface area contributed by atoms with Gasteiger partial charge in [0, 0.05) is 6.20 Å². The summed E-state index contributed by atoms with van der Waals surface area (Å²) in [6.45, 7) is 3.47. The number of nitrogens with two attached hydrogens (primary N) is 1. The standard InChI is InChI=1S/C13H18N4O3/c1-3-8-9(18)13(2,19)12(20-8)17-5-4-7-10(14)15-6-16-11(7)17/h4-6,8-9,12,18-19H,3H2,1-2H3,(H2,14,15,16)/t8-,9?,12-,13?/m1/s1. The summed E-state index contributed by atoms with van der Waals surface area (Å²) in [4.78, 5) is 8.12. The van der Waals surface area contributed by atoms with Crippen molar-refractivity contribution in [1.29, 1.82) is 0 Å². The summed E-state index contributed by atoms with van der Waals surface area (Å²) >= 11 is 0. The molecule has 108 valence electrons. The van der Waals surface area contributed by atoms with Crippen molar-refractivity contribution in [2.75, 3.05) is 5.73 Å². The first-order valence-corrected chi connectivity index (χ1v) is 6.59. The van der Waals surface area contributed by atoms with Crippen LogP contribution in [0.25, 0.3) is 11.0 Å². The molecule has 4 atom stereocenters. The number of nitrogen functional groups attached to an aromatic ring is 1. The molecular weight excluding hydrogens is 260 g/mol. The van der Waals surface area contributed by atoms with Gasteiger partial charge in [-0.3, -0.25) is 0 Å². The van der Waals surface area contributed by atoms with Crippen LogP contribution < -0.4 is 5.73 Å². The molecule has 1 saturated heterocycles. The fraction of sp³-hybridized carbons (Fsp3) is 0.538. The lowest BCUT2D eigenvalue weighted by Crippen LogP contribution is -2.43. The van der Waals surface area contributed by atoms with Gasteiger partial charge in [-0.1, -0.05) is 6.92 Å². The molecule has 2 aromatic rings. The van der Waals surface area contributed by atoms with Gasteiger partial charge >= 0.3 is 0 Å².